The summed E-state index contributed by atoms with van der Waals surface area (Å²) in [6, 6.07) is 5.09. The van der Waals surface area contributed by atoms with E-state index in [4.69, 9.17) is 11.6 Å². The Labute approximate surface area is 115 Å². The molecule has 0 aliphatic carbocycles. The molecule has 0 spiro atoms. The number of anilines is 1. The molecule has 0 bridgehead atoms. The highest BCUT2D eigenvalue weighted by Crippen LogP contribution is 2.30. The van der Waals surface area contributed by atoms with Gasteiger partial charge in [-0.25, -0.2) is 4.68 Å². The van der Waals surface area contributed by atoms with Crippen molar-refractivity contribution in [2.24, 2.45) is 5.92 Å². The van der Waals surface area contributed by atoms with Gasteiger partial charge < -0.3 is 4.90 Å². The molecule has 0 unspecified atom stereocenters. The van der Waals surface area contributed by atoms with E-state index in [0.29, 0.717) is 17.5 Å². The lowest BCUT2D eigenvalue weighted by Gasteiger charge is -2.41. The van der Waals surface area contributed by atoms with E-state index in [0.717, 1.165) is 18.8 Å². The quantitative estimate of drug-likeness (QED) is 0.851. The second-order valence-corrected chi connectivity index (χ2v) is 5.05. The number of rotatable bonds is 3. The van der Waals surface area contributed by atoms with Crippen molar-refractivity contribution in [3.05, 3.63) is 52.2 Å². The van der Waals surface area contributed by atoms with E-state index in [1.807, 2.05) is 6.07 Å². The molecule has 3 heterocycles. The molecule has 98 valence electrons. The molecule has 19 heavy (non-hydrogen) atoms. The number of aromatic nitrogens is 3. The van der Waals surface area contributed by atoms with Crippen molar-refractivity contribution in [3.63, 3.8) is 0 Å². The van der Waals surface area contributed by atoms with Crippen LogP contribution >= 0.6 is 11.6 Å². The van der Waals surface area contributed by atoms with Crippen molar-refractivity contribution in [1.29, 1.82) is 0 Å². The van der Waals surface area contributed by atoms with Crippen LogP contribution in [0.4, 0.5) is 5.69 Å². The van der Waals surface area contributed by atoms with Crippen LogP contribution in [0.5, 0.6) is 0 Å². The highest BCUT2D eigenvalue weighted by Gasteiger charge is 2.28. The van der Waals surface area contributed by atoms with Crippen LogP contribution in [0.1, 0.15) is 0 Å². The average Bonchev–Trinajstić information content (AvgIpc) is 2.37. The lowest BCUT2D eigenvalue weighted by molar-refractivity contribution is 0.335. The Hall–Kier alpha value is -1.88. The Balaban J connectivity index is 1.64. The molecule has 1 fully saturated rings. The first-order chi connectivity index (χ1) is 9.24. The van der Waals surface area contributed by atoms with Gasteiger partial charge in [-0.15, -0.1) is 0 Å². The normalized spacial score (nSPS) is 15.3. The van der Waals surface area contributed by atoms with Gasteiger partial charge in [0.1, 0.15) is 0 Å². The predicted molar refractivity (Wildman–Crippen MR) is 73.4 cm³/mol. The van der Waals surface area contributed by atoms with Crippen LogP contribution in [0.25, 0.3) is 0 Å². The molecular formula is C13H13ClN4O. The predicted octanol–water partition coefficient (Wildman–Crippen LogP) is 1.43. The molecule has 0 N–H and O–H groups in total. The maximum atomic E-state index is 11.6. The molecule has 1 aliphatic heterocycles. The minimum absolute atomic E-state index is 0.0529. The van der Waals surface area contributed by atoms with Crippen LogP contribution < -0.4 is 10.5 Å². The molecule has 1 aliphatic rings. The van der Waals surface area contributed by atoms with Gasteiger partial charge in [-0.3, -0.25) is 9.78 Å². The summed E-state index contributed by atoms with van der Waals surface area (Å²) < 4.78 is 1.51. The third kappa shape index (κ3) is 2.46. The summed E-state index contributed by atoms with van der Waals surface area (Å²) in [6.07, 6.45) is 5.02. The summed E-state index contributed by atoms with van der Waals surface area (Å²) in [4.78, 5) is 17.7. The zero-order chi connectivity index (χ0) is 13.2. The molecule has 0 atom stereocenters. The van der Waals surface area contributed by atoms with Gasteiger partial charge in [0.2, 0.25) is 0 Å². The summed E-state index contributed by atoms with van der Waals surface area (Å²) in [5, 5.41) is 4.73. The molecule has 5 nitrogen and oxygen atoms in total. The fourth-order valence-corrected chi connectivity index (χ4v) is 2.51. The molecule has 6 heteroatoms. The zero-order valence-electron chi connectivity index (χ0n) is 10.2. The summed E-state index contributed by atoms with van der Waals surface area (Å²) in [5.41, 5.74) is 0.948. The fourth-order valence-electron chi connectivity index (χ4n) is 2.28. The average molecular weight is 277 g/mol. The summed E-state index contributed by atoms with van der Waals surface area (Å²) in [7, 11) is 0. The largest absolute Gasteiger partial charge is 0.369 e. The molecule has 0 aromatic carbocycles. The molecule has 0 saturated carbocycles. The SMILES string of the molecule is O=c1cccnn1CC1CN(c2ccncc2Cl)C1. The van der Waals surface area contributed by atoms with Crippen molar-refractivity contribution in [3.8, 4) is 0 Å². The highest BCUT2D eigenvalue weighted by molar-refractivity contribution is 6.33. The van der Waals surface area contributed by atoms with Gasteiger partial charge >= 0.3 is 0 Å². The number of hydrogen-bond acceptors (Lipinski definition) is 4. The van der Waals surface area contributed by atoms with Crippen LogP contribution in [-0.2, 0) is 6.54 Å². The van der Waals surface area contributed by atoms with Crippen molar-refractivity contribution in [2.75, 3.05) is 18.0 Å². The van der Waals surface area contributed by atoms with Crippen molar-refractivity contribution in [1.82, 2.24) is 14.8 Å². The van der Waals surface area contributed by atoms with Crippen molar-refractivity contribution >= 4 is 17.3 Å². The van der Waals surface area contributed by atoms with Gasteiger partial charge in [-0.1, -0.05) is 11.6 Å². The highest BCUT2D eigenvalue weighted by atomic mass is 35.5. The van der Waals surface area contributed by atoms with Crippen molar-refractivity contribution < 1.29 is 0 Å². The summed E-state index contributed by atoms with van der Waals surface area (Å²) in [6.45, 7) is 2.42. The minimum Gasteiger partial charge on any atom is -0.369 e. The Bertz CT molecular complexity index is 636. The first-order valence-corrected chi connectivity index (χ1v) is 6.48. The summed E-state index contributed by atoms with van der Waals surface area (Å²) in [5.74, 6) is 0.428. The van der Waals surface area contributed by atoms with Gasteiger partial charge in [0.25, 0.3) is 5.56 Å². The first kappa shape index (κ1) is 12.2. The molecule has 2 aromatic heterocycles. The third-order valence-corrected chi connectivity index (χ3v) is 3.56. The first-order valence-electron chi connectivity index (χ1n) is 6.10. The van der Waals surface area contributed by atoms with E-state index in [1.54, 1.807) is 24.7 Å². The third-order valence-electron chi connectivity index (χ3n) is 3.27. The van der Waals surface area contributed by atoms with Gasteiger partial charge in [0.05, 0.1) is 17.3 Å². The van der Waals surface area contributed by atoms with Crippen LogP contribution in [0.2, 0.25) is 5.02 Å². The standard InChI is InChI=1S/C13H13ClN4O/c14-11-6-15-5-3-12(11)17-7-10(8-17)9-18-13(19)2-1-4-16-18/h1-6,10H,7-9H2. The van der Waals surface area contributed by atoms with E-state index in [2.05, 4.69) is 15.0 Å². The minimum atomic E-state index is -0.0529. The molecule has 0 amide bonds. The summed E-state index contributed by atoms with van der Waals surface area (Å²) >= 11 is 6.09. The van der Waals surface area contributed by atoms with E-state index in [1.165, 1.54) is 10.7 Å². The fraction of sp³-hybridized carbons (Fsp3) is 0.308. The van der Waals surface area contributed by atoms with Gasteiger partial charge in [-0.05, 0) is 12.1 Å². The topological polar surface area (TPSA) is 51.0 Å². The second kappa shape index (κ2) is 5.01. The molecule has 1 saturated heterocycles. The van der Waals surface area contributed by atoms with E-state index in [-0.39, 0.29) is 5.56 Å². The van der Waals surface area contributed by atoms with E-state index in [9.17, 15) is 4.79 Å². The van der Waals surface area contributed by atoms with Crippen LogP contribution in [0, 0.1) is 5.92 Å². The Kier molecular flexibility index (Phi) is 3.21. The maximum Gasteiger partial charge on any atom is 0.266 e. The number of pyridine rings is 1. The molecule has 0 radical (unpaired) electrons. The Morgan fingerprint density at radius 2 is 2.16 bits per heavy atom. The molecule has 3 rings (SSSR count). The van der Waals surface area contributed by atoms with Crippen LogP contribution in [-0.4, -0.2) is 27.9 Å². The second-order valence-electron chi connectivity index (χ2n) is 4.64. The zero-order valence-corrected chi connectivity index (χ0v) is 11.0. The van der Waals surface area contributed by atoms with E-state index < -0.39 is 0 Å². The molecular weight excluding hydrogens is 264 g/mol. The lowest BCUT2D eigenvalue weighted by atomic mass is 9.99. The van der Waals surface area contributed by atoms with Gasteiger partial charge in [0, 0.05) is 43.7 Å². The smallest absolute Gasteiger partial charge is 0.266 e. The van der Waals surface area contributed by atoms with Crippen LogP contribution in [0.3, 0.4) is 0 Å². The molecule has 2 aromatic rings. The van der Waals surface area contributed by atoms with E-state index >= 15 is 0 Å². The number of halogens is 1. The lowest BCUT2D eigenvalue weighted by Crippen LogP contribution is -2.49. The van der Waals surface area contributed by atoms with Crippen molar-refractivity contribution in [2.45, 2.75) is 6.54 Å². The Morgan fingerprint density at radius 3 is 2.89 bits per heavy atom. The van der Waals surface area contributed by atoms with Gasteiger partial charge in [0.15, 0.2) is 0 Å². The monoisotopic (exact) mass is 276 g/mol. The number of hydrogen-bond donors (Lipinski definition) is 0. The van der Waals surface area contributed by atoms with Gasteiger partial charge in [-0.2, -0.15) is 5.10 Å². The number of nitrogens with zero attached hydrogens (tertiary/aromatic N) is 4. The Morgan fingerprint density at radius 1 is 1.32 bits per heavy atom. The maximum absolute atomic E-state index is 11.6. The van der Waals surface area contributed by atoms with Crippen LogP contribution in [0.15, 0.2) is 41.6 Å².